The molecule has 24 heavy (non-hydrogen) atoms. The summed E-state index contributed by atoms with van der Waals surface area (Å²) in [4.78, 5) is 12.7. The number of halogens is 1. The molecule has 2 N–H and O–H groups in total. The van der Waals surface area contributed by atoms with E-state index < -0.39 is 6.10 Å². The van der Waals surface area contributed by atoms with E-state index in [9.17, 15) is 4.79 Å². The van der Waals surface area contributed by atoms with Gasteiger partial charge < -0.3 is 14.8 Å². The summed E-state index contributed by atoms with van der Waals surface area (Å²) in [5, 5.41) is 10.9. The zero-order valence-corrected chi connectivity index (χ0v) is 15.3. The van der Waals surface area contributed by atoms with Crippen LogP contribution in [0.3, 0.4) is 0 Å². The number of nitrogens with one attached hydrogen (secondary N) is 2. The van der Waals surface area contributed by atoms with Crippen molar-refractivity contribution in [3.05, 3.63) is 51.7 Å². The summed E-state index contributed by atoms with van der Waals surface area (Å²) in [6.07, 6.45) is -0.699. The number of aromatic amines is 1. The number of rotatable bonds is 5. The Morgan fingerprint density at radius 3 is 2.67 bits per heavy atom. The number of amides is 1. The zero-order chi connectivity index (χ0) is 17.1. The van der Waals surface area contributed by atoms with Crippen LogP contribution in [0.5, 0.6) is 5.75 Å². The highest BCUT2D eigenvalue weighted by atomic mass is 127. The lowest BCUT2D eigenvalue weighted by atomic mass is 10.1. The second kappa shape index (κ2) is 7.18. The van der Waals surface area contributed by atoms with E-state index in [0.717, 1.165) is 20.2 Å². The molecule has 7 heteroatoms. The van der Waals surface area contributed by atoms with E-state index >= 15 is 0 Å². The molecule has 0 unspecified atom stereocenters. The molecule has 0 fully saturated rings. The highest BCUT2D eigenvalue weighted by molar-refractivity contribution is 14.1. The number of H-pyrrole nitrogens is 1. The van der Waals surface area contributed by atoms with Crippen molar-refractivity contribution in [1.29, 1.82) is 0 Å². The quantitative estimate of drug-likeness (QED) is 0.600. The SMILES string of the molecule is COc1cc2n[nH]c(I)c2cc1NC(=O)[C@H](OC)c1ccccc1. The van der Waals surface area contributed by atoms with Gasteiger partial charge in [0.25, 0.3) is 5.91 Å². The Bertz CT molecular complexity index is 864. The number of hydrogen-bond donors (Lipinski definition) is 2. The predicted molar refractivity (Wildman–Crippen MR) is 100 cm³/mol. The Labute approximate surface area is 152 Å². The van der Waals surface area contributed by atoms with Gasteiger partial charge in [-0.15, -0.1) is 0 Å². The fraction of sp³-hybridized carbons (Fsp3) is 0.176. The summed E-state index contributed by atoms with van der Waals surface area (Å²) in [6, 6.07) is 13.0. The predicted octanol–water partition coefficient (Wildman–Crippen LogP) is 3.50. The van der Waals surface area contributed by atoms with E-state index in [1.807, 2.05) is 36.4 Å². The molecule has 1 aromatic heterocycles. The maximum Gasteiger partial charge on any atom is 0.258 e. The molecule has 3 aromatic rings. The first-order chi connectivity index (χ1) is 11.6. The number of carbonyl (C=O) groups excluding carboxylic acids is 1. The zero-order valence-electron chi connectivity index (χ0n) is 13.2. The smallest absolute Gasteiger partial charge is 0.258 e. The van der Waals surface area contributed by atoms with E-state index in [1.54, 1.807) is 13.2 Å². The van der Waals surface area contributed by atoms with Crippen LogP contribution in [0, 0.1) is 3.70 Å². The van der Waals surface area contributed by atoms with E-state index in [2.05, 4.69) is 38.1 Å². The van der Waals surface area contributed by atoms with Crippen LogP contribution in [-0.4, -0.2) is 30.3 Å². The van der Waals surface area contributed by atoms with Gasteiger partial charge in [-0.2, -0.15) is 5.10 Å². The van der Waals surface area contributed by atoms with Crippen molar-refractivity contribution in [2.24, 2.45) is 0 Å². The first-order valence-electron chi connectivity index (χ1n) is 7.24. The lowest BCUT2D eigenvalue weighted by Crippen LogP contribution is -2.22. The minimum Gasteiger partial charge on any atom is -0.494 e. The van der Waals surface area contributed by atoms with Gasteiger partial charge in [0.05, 0.1) is 18.3 Å². The maximum absolute atomic E-state index is 12.7. The summed E-state index contributed by atoms with van der Waals surface area (Å²) in [7, 11) is 3.07. The molecule has 0 saturated heterocycles. The van der Waals surface area contributed by atoms with Gasteiger partial charge in [-0.1, -0.05) is 30.3 Å². The second-order valence-corrected chi connectivity index (χ2v) is 6.20. The van der Waals surface area contributed by atoms with Crippen LogP contribution < -0.4 is 10.1 Å². The van der Waals surface area contributed by atoms with Crippen LogP contribution in [0.2, 0.25) is 0 Å². The summed E-state index contributed by atoms with van der Waals surface area (Å²) >= 11 is 2.16. The van der Waals surface area contributed by atoms with Crippen molar-refractivity contribution < 1.29 is 14.3 Å². The third-order valence-electron chi connectivity index (χ3n) is 3.66. The molecule has 1 heterocycles. The number of fused-ring (bicyclic) bond motifs is 1. The fourth-order valence-electron chi connectivity index (χ4n) is 2.49. The van der Waals surface area contributed by atoms with Crippen molar-refractivity contribution in [3.8, 4) is 5.75 Å². The topological polar surface area (TPSA) is 76.2 Å². The number of carbonyl (C=O) groups is 1. The van der Waals surface area contributed by atoms with Crippen LogP contribution in [0.25, 0.3) is 10.9 Å². The number of methoxy groups -OCH3 is 2. The average molecular weight is 437 g/mol. The molecular formula is C17H16IN3O3. The Kier molecular flexibility index (Phi) is 5.00. The van der Waals surface area contributed by atoms with Crippen LogP contribution in [0.4, 0.5) is 5.69 Å². The van der Waals surface area contributed by atoms with Gasteiger partial charge in [-0.25, -0.2) is 0 Å². The largest absolute Gasteiger partial charge is 0.494 e. The Morgan fingerprint density at radius 2 is 2.00 bits per heavy atom. The van der Waals surface area contributed by atoms with E-state index in [0.29, 0.717) is 11.4 Å². The number of benzene rings is 2. The lowest BCUT2D eigenvalue weighted by molar-refractivity contribution is -0.126. The fourth-order valence-corrected chi connectivity index (χ4v) is 3.05. The highest BCUT2D eigenvalue weighted by Crippen LogP contribution is 2.32. The molecule has 0 aliphatic carbocycles. The van der Waals surface area contributed by atoms with Crippen molar-refractivity contribution in [2.75, 3.05) is 19.5 Å². The molecule has 0 saturated carbocycles. The van der Waals surface area contributed by atoms with E-state index in [1.165, 1.54) is 7.11 Å². The van der Waals surface area contributed by atoms with Gasteiger partial charge in [-0.3, -0.25) is 9.89 Å². The molecular weight excluding hydrogens is 421 g/mol. The van der Waals surface area contributed by atoms with Gasteiger partial charge in [0.15, 0.2) is 6.10 Å². The maximum atomic E-state index is 12.7. The van der Waals surface area contributed by atoms with Gasteiger partial charge in [0.1, 0.15) is 9.45 Å². The molecule has 0 spiro atoms. The van der Waals surface area contributed by atoms with E-state index in [4.69, 9.17) is 9.47 Å². The van der Waals surface area contributed by atoms with Crippen molar-refractivity contribution in [1.82, 2.24) is 10.2 Å². The molecule has 0 bridgehead atoms. The first-order valence-corrected chi connectivity index (χ1v) is 8.32. The van der Waals surface area contributed by atoms with E-state index in [-0.39, 0.29) is 5.91 Å². The summed E-state index contributed by atoms with van der Waals surface area (Å²) in [5.41, 5.74) is 2.14. The molecule has 3 rings (SSSR count). The summed E-state index contributed by atoms with van der Waals surface area (Å²) in [5.74, 6) is 0.279. The van der Waals surface area contributed by atoms with Crippen LogP contribution >= 0.6 is 22.6 Å². The third kappa shape index (κ3) is 3.22. The second-order valence-electron chi connectivity index (χ2n) is 5.12. The Hall–Kier alpha value is -2.13. The number of nitrogens with zero attached hydrogens (tertiary/aromatic N) is 1. The number of aromatic nitrogens is 2. The average Bonchev–Trinajstić information content (AvgIpc) is 2.96. The third-order valence-corrected chi connectivity index (χ3v) is 4.49. The van der Waals surface area contributed by atoms with Gasteiger partial charge in [0.2, 0.25) is 0 Å². The molecule has 1 atom stereocenters. The monoisotopic (exact) mass is 437 g/mol. The number of hydrogen-bond acceptors (Lipinski definition) is 4. The van der Waals surface area contributed by atoms with Gasteiger partial charge in [-0.05, 0) is 34.2 Å². The highest BCUT2D eigenvalue weighted by Gasteiger charge is 2.21. The molecule has 1 amide bonds. The van der Waals surface area contributed by atoms with Crippen molar-refractivity contribution >= 4 is 45.1 Å². The Balaban J connectivity index is 1.93. The minimum absolute atomic E-state index is 0.264. The van der Waals surface area contributed by atoms with Crippen molar-refractivity contribution in [2.45, 2.75) is 6.10 Å². The summed E-state index contributed by atoms with van der Waals surface area (Å²) in [6.45, 7) is 0. The van der Waals surface area contributed by atoms with Crippen molar-refractivity contribution in [3.63, 3.8) is 0 Å². The van der Waals surface area contributed by atoms with Gasteiger partial charge in [0, 0.05) is 18.6 Å². The van der Waals surface area contributed by atoms with Crippen LogP contribution in [0.1, 0.15) is 11.7 Å². The van der Waals surface area contributed by atoms with Gasteiger partial charge >= 0.3 is 0 Å². The minimum atomic E-state index is -0.699. The van der Waals surface area contributed by atoms with Crippen LogP contribution in [0.15, 0.2) is 42.5 Å². The molecule has 6 nitrogen and oxygen atoms in total. The molecule has 2 aromatic carbocycles. The lowest BCUT2D eigenvalue weighted by Gasteiger charge is -2.17. The first kappa shape index (κ1) is 16.7. The summed E-state index contributed by atoms with van der Waals surface area (Å²) < 4.78 is 11.6. The van der Waals surface area contributed by atoms with Crippen LogP contribution in [-0.2, 0) is 9.53 Å². The molecule has 0 aliphatic rings. The Morgan fingerprint density at radius 1 is 1.25 bits per heavy atom. The molecule has 0 radical (unpaired) electrons. The number of ether oxygens (including phenoxy) is 2. The number of anilines is 1. The normalized spacial score (nSPS) is 12.1. The molecule has 0 aliphatic heterocycles. The standard InChI is InChI=1S/C17H16IN3O3/c1-23-14-9-12-11(16(18)21-20-12)8-13(14)19-17(22)15(24-2)10-6-4-3-5-7-10/h3-9,15H,1-2H3,(H,19,22)(H,20,21)/t15-/m1/s1. The molecule has 124 valence electrons.